The normalized spacial score (nSPS) is 18.8. The van der Waals surface area contributed by atoms with Crippen LogP contribution in [0.3, 0.4) is 0 Å². The fourth-order valence-electron chi connectivity index (χ4n) is 3.63. The summed E-state index contributed by atoms with van der Waals surface area (Å²) in [6.45, 7) is 8.68. The van der Waals surface area contributed by atoms with E-state index in [4.69, 9.17) is 0 Å². The number of amides is 1. The largest absolute Gasteiger partial charge is 0.352 e. The second-order valence-corrected chi connectivity index (χ2v) is 11.7. The highest BCUT2D eigenvalue weighted by molar-refractivity contribution is 7.92. The summed E-state index contributed by atoms with van der Waals surface area (Å²) < 4.78 is 52.1. The van der Waals surface area contributed by atoms with Crippen LogP contribution in [0.5, 0.6) is 0 Å². The molecular formula is C20H33N3O5S2. The summed E-state index contributed by atoms with van der Waals surface area (Å²) in [5, 5.41) is 2.68. The fourth-order valence-corrected chi connectivity index (χ4v) is 7.15. The van der Waals surface area contributed by atoms with E-state index in [2.05, 4.69) is 24.1 Å². The van der Waals surface area contributed by atoms with Crippen molar-refractivity contribution >= 4 is 25.8 Å². The van der Waals surface area contributed by atoms with Crippen LogP contribution in [-0.4, -0.2) is 75.7 Å². The zero-order chi connectivity index (χ0) is 22.4. The van der Waals surface area contributed by atoms with Gasteiger partial charge in [-0.05, 0) is 50.2 Å². The number of benzene rings is 1. The molecule has 1 fully saturated rings. The van der Waals surface area contributed by atoms with Crippen LogP contribution >= 0.6 is 0 Å². The molecule has 10 heteroatoms. The molecule has 0 unspecified atom stereocenters. The van der Waals surface area contributed by atoms with E-state index in [9.17, 15) is 21.6 Å². The number of rotatable bonds is 11. The summed E-state index contributed by atoms with van der Waals surface area (Å²) >= 11 is 0. The van der Waals surface area contributed by atoms with Gasteiger partial charge >= 0.3 is 0 Å². The summed E-state index contributed by atoms with van der Waals surface area (Å²) in [4.78, 5) is 13.4. The predicted molar refractivity (Wildman–Crippen MR) is 117 cm³/mol. The van der Waals surface area contributed by atoms with Gasteiger partial charge in [-0.3, -0.25) is 4.79 Å². The maximum absolute atomic E-state index is 13.4. The predicted octanol–water partition coefficient (Wildman–Crippen LogP) is 1.23. The first-order valence-electron chi connectivity index (χ1n) is 10.4. The summed E-state index contributed by atoms with van der Waals surface area (Å²) in [5.41, 5.74) is 0.792. The molecule has 0 saturated carbocycles. The fraction of sp³-hybridized carbons (Fsp3) is 0.650. The van der Waals surface area contributed by atoms with Gasteiger partial charge in [0.2, 0.25) is 15.9 Å². The first-order chi connectivity index (χ1) is 14.1. The number of nitrogens with zero attached hydrogens (tertiary/aromatic N) is 2. The molecule has 0 radical (unpaired) electrons. The lowest BCUT2D eigenvalue weighted by molar-refractivity contribution is -0.119. The van der Waals surface area contributed by atoms with E-state index in [1.807, 2.05) is 0 Å². The standard InChI is InChI=1S/C20H33N3O5S2/c1-4-22(5-2)12-6-13-23(19-11-14-29(25,26)16-19)30(27,28)20-9-7-18(8-10-20)15-21-17(3)24/h7-10,19H,4-6,11-16H2,1-3H3,(H,21,24)/t19-/m0/s1. The highest BCUT2D eigenvalue weighted by Gasteiger charge is 2.38. The van der Waals surface area contributed by atoms with Gasteiger partial charge in [0.1, 0.15) is 0 Å². The highest BCUT2D eigenvalue weighted by Crippen LogP contribution is 2.25. The van der Waals surface area contributed by atoms with E-state index in [-0.39, 0.29) is 28.9 Å². The zero-order valence-electron chi connectivity index (χ0n) is 18.0. The number of sulfonamides is 1. The van der Waals surface area contributed by atoms with Crippen LogP contribution in [0.4, 0.5) is 0 Å². The zero-order valence-corrected chi connectivity index (χ0v) is 19.6. The molecule has 1 aliphatic rings. The monoisotopic (exact) mass is 459 g/mol. The van der Waals surface area contributed by atoms with Crippen molar-refractivity contribution in [3.8, 4) is 0 Å². The summed E-state index contributed by atoms with van der Waals surface area (Å²) in [6.07, 6.45) is 0.964. The number of sulfone groups is 1. The van der Waals surface area contributed by atoms with Crippen molar-refractivity contribution in [2.45, 2.75) is 51.1 Å². The minimum Gasteiger partial charge on any atom is -0.352 e. The molecule has 1 aliphatic heterocycles. The second kappa shape index (κ2) is 10.7. The van der Waals surface area contributed by atoms with Crippen LogP contribution in [0.2, 0.25) is 0 Å². The Morgan fingerprint density at radius 3 is 2.27 bits per heavy atom. The Balaban J connectivity index is 2.21. The van der Waals surface area contributed by atoms with E-state index >= 15 is 0 Å². The van der Waals surface area contributed by atoms with Crippen molar-refractivity contribution in [1.82, 2.24) is 14.5 Å². The lowest BCUT2D eigenvalue weighted by atomic mass is 10.2. The van der Waals surface area contributed by atoms with Gasteiger partial charge in [0.15, 0.2) is 9.84 Å². The third kappa shape index (κ3) is 6.76. The Kier molecular flexibility index (Phi) is 8.84. The summed E-state index contributed by atoms with van der Waals surface area (Å²) in [7, 11) is -7.04. The average Bonchev–Trinajstić information content (AvgIpc) is 3.06. The molecule has 0 bridgehead atoms. The van der Waals surface area contributed by atoms with Crippen molar-refractivity contribution < 1.29 is 21.6 Å². The van der Waals surface area contributed by atoms with Gasteiger partial charge in [0.05, 0.1) is 16.4 Å². The molecule has 30 heavy (non-hydrogen) atoms. The van der Waals surface area contributed by atoms with Crippen LogP contribution in [0.15, 0.2) is 29.2 Å². The smallest absolute Gasteiger partial charge is 0.243 e. The Bertz CT molecular complexity index is 910. The van der Waals surface area contributed by atoms with E-state index in [0.29, 0.717) is 19.4 Å². The number of hydrogen-bond acceptors (Lipinski definition) is 6. The molecule has 170 valence electrons. The van der Waals surface area contributed by atoms with Gasteiger partial charge in [-0.1, -0.05) is 26.0 Å². The van der Waals surface area contributed by atoms with Crippen LogP contribution < -0.4 is 5.32 Å². The average molecular weight is 460 g/mol. The molecule has 0 aliphatic carbocycles. The van der Waals surface area contributed by atoms with Gasteiger partial charge in [-0.15, -0.1) is 0 Å². The van der Waals surface area contributed by atoms with Crippen molar-refractivity contribution in [3.63, 3.8) is 0 Å². The van der Waals surface area contributed by atoms with Crippen molar-refractivity contribution in [3.05, 3.63) is 29.8 Å². The second-order valence-electron chi connectivity index (χ2n) is 7.61. The molecule has 0 spiro atoms. The molecule has 1 atom stereocenters. The summed E-state index contributed by atoms with van der Waals surface area (Å²) in [5.74, 6) is -0.262. The summed E-state index contributed by atoms with van der Waals surface area (Å²) in [6, 6.07) is 5.85. The number of carbonyl (C=O) groups is 1. The first-order valence-corrected chi connectivity index (χ1v) is 13.6. The Morgan fingerprint density at radius 2 is 1.77 bits per heavy atom. The van der Waals surface area contributed by atoms with Gasteiger partial charge < -0.3 is 10.2 Å². The van der Waals surface area contributed by atoms with E-state index < -0.39 is 25.9 Å². The third-order valence-electron chi connectivity index (χ3n) is 5.43. The highest BCUT2D eigenvalue weighted by atomic mass is 32.2. The van der Waals surface area contributed by atoms with Gasteiger partial charge in [-0.2, -0.15) is 4.31 Å². The Morgan fingerprint density at radius 1 is 1.13 bits per heavy atom. The maximum atomic E-state index is 13.4. The number of nitrogens with one attached hydrogen (secondary N) is 1. The Hall–Kier alpha value is -1.49. The van der Waals surface area contributed by atoms with E-state index in [0.717, 1.165) is 25.2 Å². The van der Waals surface area contributed by atoms with Crippen LogP contribution in [-0.2, 0) is 31.2 Å². The molecule has 1 aromatic carbocycles. The number of carbonyl (C=O) groups excluding carboxylic acids is 1. The van der Waals surface area contributed by atoms with Crippen LogP contribution in [0.1, 0.15) is 39.2 Å². The molecule has 0 aromatic heterocycles. The van der Waals surface area contributed by atoms with E-state index in [1.54, 1.807) is 12.1 Å². The minimum atomic E-state index is -3.83. The molecule has 2 rings (SSSR count). The first kappa shape index (κ1) is 24.8. The minimum absolute atomic E-state index is 0.0232. The number of hydrogen-bond donors (Lipinski definition) is 1. The molecule has 1 aromatic rings. The van der Waals surface area contributed by atoms with Crippen molar-refractivity contribution in [2.75, 3.05) is 37.7 Å². The van der Waals surface area contributed by atoms with Gasteiger partial charge in [0.25, 0.3) is 0 Å². The van der Waals surface area contributed by atoms with Crippen LogP contribution in [0, 0.1) is 0 Å². The molecule has 1 amide bonds. The van der Waals surface area contributed by atoms with Crippen LogP contribution in [0.25, 0.3) is 0 Å². The topological polar surface area (TPSA) is 104 Å². The molecule has 1 saturated heterocycles. The third-order valence-corrected chi connectivity index (χ3v) is 9.15. The molecule has 1 heterocycles. The quantitative estimate of drug-likeness (QED) is 0.534. The lowest BCUT2D eigenvalue weighted by Crippen LogP contribution is -2.42. The van der Waals surface area contributed by atoms with E-state index in [1.165, 1.54) is 23.4 Å². The van der Waals surface area contributed by atoms with Gasteiger partial charge in [0, 0.05) is 26.1 Å². The lowest BCUT2D eigenvalue weighted by Gasteiger charge is -2.28. The van der Waals surface area contributed by atoms with Crippen molar-refractivity contribution in [2.24, 2.45) is 0 Å². The maximum Gasteiger partial charge on any atom is 0.243 e. The molecule has 8 nitrogen and oxygen atoms in total. The Labute approximate surface area is 180 Å². The molecule has 1 N–H and O–H groups in total. The molecular weight excluding hydrogens is 426 g/mol. The van der Waals surface area contributed by atoms with Gasteiger partial charge in [-0.25, -0.2) is 16.8 Å². The van der Waals surface area contributed by atoms with Crippen molar-refractivity contribution in [1.29, 1.82) is 0 Å². The SMILES string of the molecule is CCN(CC)CCCN([C@H]1CCS(=O)(=O)C1)S(=O)(=O)c1ccc(CNC(C)=O)cc1.